The minimum absolute atomic E-state index is 0.0517. The number of hydrogen-bond donors (Lipinski definition) is 1. The number of sulfonamides is 1. The Morgan fingerprint density at radius 2 is 1.80 bits per heavy atom. The van der Waals surface area contributed by atoms with Crippen molar-refractivity contribution >= 4 is 33.2 Å². The van der Waals surface area contributed by atoms with Gasteiger partial charge in [-0.2, -0.15) is 0 Å². The number of anilines is 1. The minimum atomic E-state index is -4.22. The van der Waals surface area contributed by atoms with Gasteiger partial charge in [0.25, 0.3) is 10.0 Å². The van der Waals surface area contributed by atoms with Gasteiger partial charge in [-0.3, -0.25) is 9.10 Å². The van der Waals surface area contributed by atoms with Gasteiger partial charge in [-0.05, 0) is 36.2 Å². The van der Waals surface area contributed by atoms with Crippen LogP contribution in [0.3, 0.4) is 0 Å². The van der Waals surface area contributed by atoms with Crippen molar-refractivity contribution in [2.45, 2.75) is 18.7 Å². The van der Waals surface area contributed by atoms with Crippen molar-refractivity contribution in [1.29, 1.82) is 0 Å². The van der Waals surface area contributed by atoms with Crippen LogP contribution in [-0.2, 0) is 14.8 Å². The first kappa shape index (κ1) is 23.8. The smallest absolute Gasteiger partial charge is 0.264 e. The number of carbonyl (C=O) groups is 1. The van der Waals surface area contributed by atoms with Crippen molar-refractivity contribution in [3.63, 3.8) is 0 Å². The van der Waals surface area contributed by atoms with E-state index in [1.54, 1.807) is 0 Å². The van der Waals surface area contributed by atoms with Crippen LogP contribution in [-0.4, -0.2) is 41.6 Å². The van der Waals surface area contributed by atoms with Gasteiger partial charge in [-0.25, -0.2) is 12.8 Å². The number of halogens is 2. The lowest BCUT2D eigenvalue weighted by molar-refractivity contribution is -0.119. The van der Waals surface area contributed by atoms with Gasteiger partial charge in [-0.15, -0.1) is 0 Å². The zero-order valence-corrected chi connectivity index (χ0v) is 18.7. The summed E-state index contributed by atoms with van der Waals surface area (Å²) < 4.78 is 51.6. The Bertz CT molecular complexity index is 1010. The molecule has 0 aliphatic carbocycles. The monoisotopic (exact) mass is 458 g/mol. The number of ether oxygens (including phenoxy) is 2. The van der Waals surface area contributed by atoms with Crippen LogP contribution in [0.1, 0.15) is 13.8 Å². The molecule has 10 heteroatoms. The molecule has 0 spiro atoms. The summed E-state index contributed by atoms with van der Waals surface area (Å²) in [6.07, 6.45) is 0. The zero-order valence-electron chi connectivity index (χ0n) is 17.1. The van der Waals surface area contributed by atoms with Crippen molar-refractivity contribution in [2.24, 2.45) is 5.92 Å². The highest BCUT2D eigenvalue weighted by atomic mass is 35.5. The van der Waals surface area contributed by atoms with Crippen molar-refractivity contribution in [2.75, 3.05) is 31.6 Å². The van der Waals surface area contributed by atoms with E-state index in [0.717, 1.165) is 16.4 Å². The molecule has 1 amide bonds. The first-order valence-corrected chi connectivity index (χ1v) is 10.9. The number of amides is 1. The fraction of sp³-hybridized carbons (Fsp3) is 0.350. The maximum Gasteiger partial charge on any atom is 0.264 e. The molecule has 2 aromatic carbocycles. The van der Waals surface area contributed by atoms with E-state index >= 15 is 0 Å². The van der Waals surface area contributed by atoms with Gasteiger partial charge >= 0.3 is 0 Å². The first-order valence-electron chi connectivity index (χ1n) is 9.06. The molecule has 0 aliphatic heterocycles. The van der Waals surface area contributed by atoms with Crippen molar-refractivity contribution in [3.05, 3.63) is 47.2 Å². The first-order chi connectivity index (χ1) is 14.1. The fourth-order valence-corrected chi connectivity index (χ4v) is 4.17. The SMILES string of the molecule is COc1ccc(S(=O)(=O)N(CC(=O)NCC(C)C)c2ccc(F)c(Cl)c2)cc1OC. The fourth-order valence-electron chi connectivity index (χ4n) is 2.56. The molecule has 0 saturated carbocycles. The molecule has 2 rings (SSSR count). The van der Waals surface area contributed by atoms with Crippen LogP contribution in [0, 0.1) is 11.7 Å². The lowest BCUT2D eigenvalue weighted by Crippen LogP contribution is -2.41. The van der Waals surface area contributed by atoms with Gasteiger partial charge in [0.1, 0.15) is 12.4 Å². The van der Waals surface area contributed by atoms with E-state index in [-0.39, 0.29) is 27.3 Å². The van der Waals surface area contributed by atoms with Crippen LogP contribution in [0.2, 0.25) is 5.02 Å². The Morgan fingerprint density at radius 3 is 2.37 bits per heavy atom. The number of rotatable bonds is 9. The van der Waals surface area contributed by atoms with E-state index in [9.17, 15) is 17.6 Å². The average molecular weight is 459 g/mol. The van der Waals surface area contributed by atoms with Crippen molar-refractivity contribution < 1.29 is 27.1 Å². The largest absolute Gasteiger partial charge is 0.493 e. The van der Waals surface area contributed by atoms with Crippen LogP contribution in [0.15, 0.2) is 41.3 Å². The highest BCUT2D eigenvalue weighted by Gasteiger charge is 2.29. The Morgan fingerprint density at radius 1 is 1.13 bits per heavy atom. The summed E-state index contributed by atoms with van der Waals surface area (Å²) in [7, 11) is -1.41. The van der Waals surface area contributed by atoms with Gasteiger partial charge in [-0.1, -0.05) is 25.4 Å². The van der Waals surface area contributed by atoms with E-state index in [1.807, 2.05) is 13.8 Å². The predicted octanol–water partition coefficient (Wildman–Crippen LogP) is 3.46. The third-order valence-electron chi connectivity index (χ3n) is 4.13. The second-order valence-corrected chi connectivity index (χ2v) is 9.09. The molecule has 0 heterocycles. The summed E-state index contributed by atoms with van der Waals surface area (Å²) in [5.41, 5.74) is 0.0517. The molecule has 164 valence electrons. The Kier molecular flexibility index (Phi) is 7.91. The summed E-state index contributed by atoms with van der Waals surface area (Å²) in [5, 5.41) is 2.41. The van der Waals surface area contributed by atoms with E-state index in [0.29, 0.717) is 12.3 Å². The third kappa shape index (κ3) is 5.54. The lowest BCUT2D eigenvalue weighted by atomic mass is 10.2. The zero-order chi connectivity index (χ0) is 22.5. The van der Waals surface area contributed by atoms with Crippen LogP contribution in [0.4, 0.5) is 10.1 Å². The van der Waals surface area contributed by atoms with Gasteiger partial charge in [0.15, 0.2) is 11.5 Å². The molecule has 2 aromatic rings. The molecule has 0 aliphatic rings. The number of methoxy groups -OCH3 is 2. The quantitative estimate of drug-likeness (QED) is 0.622. The van der Waals surface area contributed by atoms with Gasteiger partial charge < -0.3 is 14.8 Å². The van der Waals surface area contributed by atoms with Crippen molar-refractivity contribution in [1.82, 2.24) is 5.32 Å². The molecule has 0 aromatic heterocycles. The minimum Gasteiger partial charge on any atom is -0.493 e. The van der Waals surface area contributed by atoms with Crippen molar-refractivity contribution in [3.8, 4) is 11.5 Å². The average Bonchev–Trinajstić information content (AvgIpc) is 2.71. The molecule has 7 nitrogen and oxygen atoms in total. The molecule has 0 fully saturated rings. The second-order valence-electron chi connectivity index (χ2n) is 6.82. The van der Waals surface area contributed by atoms with Crippen LogP contribution >= 0.6 is 11.6 Å². The van der Waals surface area contributed by atoms with Gasteiger partial charge in [0.05, 0.1) is 29.8 Å². The second kappa shape index (κ2) is 9.99. The molecular formula is C20H24ClFN2O5S. The molecule has 0 bridgehead atoms. The van der Waals surface area contributed by atoms with E-state index < -0.39 is 28.3 Å². The molecule has 0 saturated heterocycles. The highest BCUT2D eigenvalue weighted by Crippen LogP contribution is 2.33. The van der Waals surface area contributed by atoms with Gasteiger partial charge in [0.2, 0.25) is 5.91 Å². The highest BCUT2D eigenvalue weighted by molar-refractivity contribution is 7.92. The number of nitrogens with one attached hydrogen (secondary N) is 1. The molecule has 1 N–H and O–H groups in total. The van der Waals surface area contributed by atoms with E-state index in [1.165, 1.54) is 38.5 Å². The summed E-state index contributed by atoms with van der Waals surface area (Å²) in [6, 6.07) is 7.51. The molecule has 30 heavy (non-hydrogen) atoms. The maximum atomic E-state index is 13.6. The molecule has 0 unspecified atom stereocenters. The number of hydrogen-bond acceptors (Lipinski definition) is 5. The Hall–Kier alpha value is -2.52. The summed E-state index contributed by atoms with van der Waals surface area (Å²) in [6.45, 7) is 3.70. The van der Waals surface area contributed by atoms with Crippen LogP contribution < -0.4 is 19.1 Å². The summed E-state index contributed by atoms with van der Waals surface area (Å²) >= 11 is 5.85. The molecular weight excluding hydrogens is 435 g/mol. The maximum absolute atomic E-state index is 13.6. The van der Waals surface area contributed by atoms with E-state index in [2.05, 4.69) is 5.32 Å². The van der Waals surface area contributed by atoms with Gasteiger partial charge in [0, 0.05) is 12.6 Å². The number of benzene rings is 2. The topological polar surface area (TPSA) is 84.9 Å². The predicted molar refractivity (Wildman–Crippen MR) is 113 cm³/mol. The van der Waals surface area contributed by atoms with Crippen LogP contribution in [0.5, 0.6) is 11.5 Å². The standard InChI is InChI=1S/C20H24ClFN2O5S/c1-13(2)11-23-20(25)12-24(14-5-7-17(22)16(21)9-14)30(26,27)15-6-8-18(28-3)19(10-15)29-4/h5-10,13H,11-12H2,1-4H3,(H,23,25). The Labute approximate surface area is 180 Å². The van der Waals surface area contributed by atoms with E-state index in [4.69, 9.17) is 21.1 Å². The lowest BCUT2D eigenvalue weighted by Gasteiger charge is -2.25. The Balaban J connectivity index is 2.51. The molecule has 0 atom stereocenters. The summed E-state index contributed by atoms with van der Waals surface area (Å²) in [5.74, 6) is -0.464. The normalized spacial score (nSPS) is 11.3. The van der Waals surface area contributed by atoms with Crippen LogP contribution in [0.25, 0.3) is 0 Å². The summed E-state index contributed by atoms with van der Waals surface area (Å²) in [4.78, 5) is 12.3. The number of nitrogens with zero attached hydrogens (tertiary/aromatic N) is 1. The number of carbonyl (C=O) groups excluding carboxylic acids is 1. The third-order valence-corrected chi connectivity index (χ3v) is 6.19. The molecule has 0 radical (unpaired) electrons.